The van der Waals surface area contributed by atoms with Crippen molar-refractivity contribution >= 4 is 11.9 Å². The fraction of sp³-hybridized carbons (Fsp3) is 0.946. The van der Waals surface area contributed by atoms with Crippen LogP contribution in [0.15, 0.2) is 0 Å². The lowest BCUT2D eigenvalue weighted by Crippen LogP contribution is -2.40. The van der Waals surface area contributed by atoms with Crippen LogP contribution < -0.4 is 5.32 Å². The normalized spacial score (nSPS) is 12.8. The molecule has 0 aliphatic carbocycles. The van der Waals surface area contributed by atoms with Crippen molar-refractivity contribution < 1.29 is 19.4 Å². The van der Waals surface area contributed by atoms with Gasteiger partial charge in [0, 0.05) is 6.42 Å². The molecule has 0 bridgehead atoms. The van der Waals surface area contributed by atoms with Crippen LogP contribution in [0.4, 0.5) is 0 Å². The second kappa shape index (κ2) is 32.8. The Morgan fingerprint density at radius 2 is 0.881 bits per heavy atom. The predicted octanol–water partition coefficient (Wildman–Crippen LogP) is 11.3. The first-order valence-electron chi connectivity index (χ1n) is 18.7. The van der Waals surface area contributed by atoms with E-state index in [4.69, 9.17) is 4.74 Å². The van der Waals surface area contributed by atoms with Crippen molar-refractivity contribution in [1.29, 1.82) is 0 Å². The van der Waals surface area contributed by atoms with Gasteiger partial charge < -0.3 is 15.2 Å². The molecule has 0 rings (SSSR count). The molecule has 0 spiro atoms. The minimum absolute atomic E-state index is 0.00878. The van der Waals surface area contributed by atoms with Crippen LogP contribution in [0.2, 0.25) is 0 Å². The number of rotatable bonds is 34. The lowest BCUT2D eigenvalue weighted by atomic mass is 10.0. The van der Waals surface area contributed by atoms with Crippen LogP contribution in [-0.2, 0) is 14.3 Å². The average molecular weight is 596 g/mol. The van der Waals surface area contributed by atoms with Crippen molar-refractivity contribution in [3.63, 3.8) is 0 Å². The van der Waals surface area contributed by atoms with Gasteiger partial charge in [-0.05, 0) is 45.1 Å². The summed E-state index contributed by atoms with van der Waals surface area (Å²) in [5.74, 6) is -1.10. The molecular formula is C37H73NO4. The first-order valence-corrected chi connectivity index (χ1v) is 18.7. The zero-order chi connectivity index (χ0) is 30.9. The Balaban J connectivity index is 4.56. The highest BCUT2D eigenvalue weighted by atomic mass is 16.5. The van der Waals surface area contributed by atoms with Gasteiger partial charge in [0.25, 0.3) is 0 Å². The predicted molar refractivity (Wildman–Crippen MR) is 180 cm³/mol. The van der Waals surface area contributed by atoms with E-state index in [1.165, 1.54) is 135 Å². The maximum Gasteiger partial charge on any atom is 0.323 e. The summed E-state index contributed by atoms with van der Waals surface area (Å²) in [5.41, 5.74) is 0. The molecule has 0 aromatic rings. The summed E-state index contributed by atoms with van der Waals surface area (Å²) in [4.78, 5) is 24.5. The molecule has 0 aliphatic heterocycles. The molecule has 42 heavy (non-hydrogen) atoms. The Bertz CT molecular complexity index is 582. The van der Waals surface area contributed by atoms with E-state index >= 15 is 0 Å². The van der Waals surface area contributed by atoms with Crippen molar-refractivity contribution in [3.05, 3.63) is 0 Å². The summed E-state index contributed by atoms with van der Waals surface area (Å²) < 4.78 is 6.10. The van der Waals surface area contributed by atoms with E-state index in [0.717, 1.165) is 45.1 Å². The van der Waals surface area contributed by atoms with Crippen LogP contribution in [0.3, 0.4) is 0 Å². The fourth-order valence-corrected chi connectivity index (χ4v) is 5.80. The minimum Gasteiger partial charge on any atom is -0.481 e. The molecule has 0 aromatic heterocycles. The number of aliphatic carboxylic acids is 1. The zero-order valence-electron chi connectivity index (χ0n) is 28.5. The third-order valence-electron chi connectivity index (χ3n) is 8.64. The fourth-order valence-electron chi connectivity index (χ4n) is 5.80. The van der Waals surface area contributed by atoms with Crippen LogP contribution in [0.1, 0.15) is 207 Å². The molecule has 0 fully saturated rings. The van der Waals surface area contributed by atoms with Crippen LogP contribution in [0, 0.1) is 0 Å². The van der Waals surface area contributed by atoms with E-state index in [0.29, 0.717) is 6.42 Å². The van der Waals surface area contributed by atoms with Crippen LogP contribution in [-0.4, -0.2) is 35.7 Å². The quantitative estimate of drug-likeness (QED) is 0.0571. The third-order valence-corrected chi connectivity index (χ3v) is 8.64. The number of unbranched alkanes of at least 4 members (excludes halogenated alkanes) is 22. The van der Waals surface area contributed by atoms with E-state index in [2.05, 4.69) is 26.1 Å². The van der Waals surface area contributed by atoms with E-state index in [1.54, 1.807) is 0 Å². The van der Waals surface area contributed by atoms with Gasteiger partial charge in [-0.15, -0.1) is 0 Å². The lowest BCUT2D eigenvalue weighted by Gasteiger charge is -2.23. The Labute approximate surface area is 262 Å². The molecule has 0 heterocycles. The maximum absolute atomic E-state index is 13.2. The van der Waals surface area contributed by atoms with Gasteiger partial charge in [0.2, 0.25) is 0 Å². The molecule has 5 heteroatoms. The molecule has 0 saturated carbocycles. The molecular weight excluding hydrogens is 522 g/mol. The molecule has 0 aliphatic rings. The lowest BCUT2D eigenvalue weighted by molar-refractivity contribution is -0.153. The number of ether oxygens (including phenoxy) is 1. The van der Waals surface area contributed by atoms with E-state index in [1.807, 2.05) is 0 Å². The molecule has 0 amide bonds. The van der Waals surface area contributed by atoms with Gasteiger partial charge in [-0.3, -0.25) is 9.59 Å². The third kappa shape index (κ3) is 29.0. The SMILES string of the molecule is CCCCCCCCCCCCN[C@@H](CCC(=O)O)C(=O)OC(CCCCCCCC)CCCCCCCCCCC. The van der Waals surface area contributed by atoms with Crippen molar-refractivity contribution in [1.82, 2.24) is 5.32 Å². The van der Waals surface area contributed by atoms with E-state index in [9.17, 15) is 14.7 Å². The van der Waals surface area contributed by atoms with Gasteiger partial charge in [0.1, 0.15) is 12.1 Å². The van der Waals surface area contributed by atoms with Crippen molar-refractivity contribution in [3.8, 4) is 0 Å². The molecule has 0 saturated heterocycles. The first kappa shape index (κ1) is 40.9. The van der Waals surface area contributed by atoms with Crippen LogP contribution in [0.25, 0.3) is 0 Å². The van der Waals surface area contributed by atoms with E-state index < -0.39 is 12.0 Å². The van der Waals surface area contributed by atoms with Gasteiger partial charge in [0.05, 0.1) is 0 Å². The minimum atomic E-state index is -0.855. The van der Waals surface area contributed by atoms with Crippen molar-refractivity contribution in [2.24, 2.45) is 0 Å². The highest BCUT2D eigenvalue weighted by molar-refractivity contribution is 5.77. The zero-order valence-corrected chi connectivity index (χ0v) is 28.5. The van der Waals surface area contributed by atoms with Crippen molar-refractivity contribution in [2.45, 2.75) is 219 Å². The number of carboxylic acid groups (broad SMARTS) is 1. The Kier molecular flexibility index (Phi) is 31.9. The van der Waals surface area contributed by atoms with Crippen molar-refractivity contribution in [2.75, 3.05) is 6.54 Å². The number of nitrogens with one attached hydrogen (secondary N) is 1. The second-order valence-electron chi connectivity index (χ2n) is 12.9. The molecule has 5 nitrogen and oxygen atoms in total. The smallest absolute Gasteiger partial charge is 0.323 e. The highest BCUT2D eigenvalue weighted by Gasteiger charge is 2.24. The average Bonchev–Trinajstić information content (AvgIpc) is 2.97. The monoisotopic (exact) mass is 596 g/mol. The summed E-state index contributed by atoms with van der Waals surface area (Å²) in [7, 11) is 0. The standard InChI is InChI=1S/C37H73NO4/c1-4-7-10-13-16-18-20-22-25-28-33-38-35(31-32-36(39)40)37(41)42-34(29-26-23-15-12-9-6-3)30-27-24-21-19-17-14-11-8-5-2/h34-35,38H,4-33H2,1-3H3,(H,39,40)/t34?,35-/m0/s1. The van der Waals surface area contributed by atoms with Gasteiger partial charge in [0.15, 0.2) is 0 Å². The van der Waals surface area contributed by atoms with Gasteiger partial charge in [-0.2, -0.15) is 0 Å². The highest BCUT2D eigenvalue weighted by Crippen LogP contribution is 2.19. The number of carbonyl (C=O) groups is 2. The van der Waals surface area contributed by atoms with Gasteiger partial charge in [-0.25, -0.2) is 0 Å². The summed E-state index contributed by atoms with van der Waals surface area (Å²) in [6.45, 7) is 7.51. The Morgan fingerprint density at radius 1 is 0.524 bits per heavy atom. The largest absolute Gasteiger partial charge is 0.481 e. The number of hydrogen-bond acceptors (Lipinski definition) is 4. The molecule has 2 atom stereocenters. The summed E-state index contributed by atoms with van der Waals surface area (Å²) >= 11 is 0. The summed E-state index contributed by atoms with van der Waals surface area (Å²) in [5, 5.41) is 12.6. The number of hydrogen-bond donors (Lipinski definition) is 2. The molecule has 250 valence electrons. The summed E-state index contributed by atoms with van der Waals surface area (Å²) in [6, 6.07) is -0.519. The molecule has 1 unspecified atom stereocenters. The van der Waals surface area contributed by atoms with Gasteiger partial charge >= 0.3 is 11.9 Å². The van der Waals surface area contributed by atoms with Gasteiger partial charge in [-0.1, -0.05) is 162 Å². The van der Waals surface area contributed by atoms with Crippen LogP contribution >= 0.6 is 0 Å². The Hall–Kier alpha value is -1.10. The summed E-state index contributed by atoms with van der Waals surface area (Å²) in [6.07, 6.45) is 33.9. The Morgan fingerprint density at radius 3 is 1.26 bits per heavy atom. The molecule has 0 radical (unpaired) electrons. The topological polar surface area (TPSA) is 75.6 Å². The van der Waals surface area contributed by atoms with E-state index in [-0.39, 0.29) is 18.5 Å². The number of carbonyl (C=O) groups excluding carboxylic acids is 1. The molecule has 2 N–H and O–H groups in total. The van der Waals surface area contributed by atoms with Crippen LogP contribution in [0.5, 0.6) is 0 Å². The number of carboxylic acids is 1. The first-order chi connectivity index (χ1) is 20.5. The second-order valence-corrected chi connectivity index (χ2v) is 12.9. The number of esters is 1. The molecule has 0 aromatic carbocycles. The maximum atomic E-state index is 13.2.